The van der Waals surface area contributed by atoms with E-state index < -0.39 is 0 Å². The maximum absolute atomic E-state index is 6.49. The van der Waals surface area contributed by atoms with E-state index in [9.17, 15) is 0 Å². The summed E-state index contributed by atoms with van der Waals surface area (Å²) in [6, 6.07) is 1.76. The summed E-state index contributed by atoms with van der Waals surface area (Å²) in [5.74, 6) is 9.17. The number of hydrogen-bond acceptors (Lipinski definition) is 4. The standard InChI is InChI=1S/C15H30N4/c1-8(2)11-12-13-10(6-5-7-17-13)18-15(12)19(16)14(11)9(3)4/h8-15,17-18H,5-7,16H2,1-4H3. The molecule has 3 heterocycles. The van der Waals surface area contributed by atoms with Crippen LogP contribution in [0.2, 0.25) is 0 Å². The van der Waals surface area contributed by atoms with Crippen LogP contribution in [0.15, 0.2) is 0 Å². The van der Waals surface area contributed by atoms with Gasteiger partial charge < -0.3 is 5.32 Å². The van der Waals surface area contributed by atoms with E-state index >= 15 is 0 Å². The molecule has 0 spiro atoms. The largest absolute Gasteiger partial charge is 0.312 e. The predicted molar refractivity (Wildman–Crippen MR) is 78.2 cm³/mol. The van der Waals surface area contributed by atoms with Crippen LogP contribution >= 0.6 is 0 Å². The number of hydrogen-bond donors (Lipinski definition) is 3. The Morgan fingerprint density at radius 2 is 1.89 bits per heavy atom. The first kappa shape index (κ1) is 13.8. The van der Waals surface area contributed by atoms with E-state index in [2.05, 4.69) is 43.3 Å². The highest BCUT2D eigenvalue weighted by atomic mass is 15.5. The molecule has 0 amide bonds. The molecule has 0 aromatic heterocycles. The second kappa shape index (κ2) is 4.99. The van der Waals surface area contributed by atoms with Gasteiger partial charge in [0.05, 0.1) is 6.17 Å². The molecule has 4 heteroatoms. The third-order valence-corrected chi connectivity index (χ3v) is 5.63. The molecule has 3 rings (SSSR count). The summed E-state index contributed by atoms with van der Waals surface area (Å²) < 4.78 is 0. The van der Waals surface area contributed by atoms with Crippen molar-refractivity contribution < 1.29 is 0 Å². The number of hydrazine groups is 1. The van der Waals surface area contributed by atoms with Crippen molar-refractivity contribution in [1.82, 2.24) is 15.6 Å². The van der Waals surface area contributed by atoms with Gasteiger partial charge in [-0.2, -0.15) is 0 Å². The van der Waals surface area contributed by atoms with E-state index in [1.807, 2.05) is 0 Å². The highest BCUT2D eigenvalue weighted by Crippen LogP contribution is 2.46. The fraction of sp³-hybridized carbons (Fsp3) is 1.00. The molecule has 3 saturated heterocycles. The van der Waals surface area contributed by atoms with Gasteiger partial charge in [0.15, 0.2) is 0 Å². The predicted octanol–water partition coefficient (Wildman–Crippen LogP) is 1.14. The lowest BCUT2D eigenvalue weighted by Crippen LogP contribution is -2.54. The zero-order chi connectivity index (χ0) is 13.7. The molecule has 0 radical (unpaired) electrons. The summed E-state index contributed by atoms with van der Waals surface area (Å²) in [5.41, 5.74) is 0. The molecule has 19 heavy (non-hydrogen) atoms. The van der Waals surface area contributed by atoms with Gasteiger partial charge in [-0.25, -0.2) is 5.01 Å². The van der Waals surface area contributed by atoms with Crippen molar-refractivity contribution >= 4 is 0 Å². The van der Waals surface area contributed by atoms with Crippen LogP contribution in [0.25, 0.3) is 0 Å². The lowest BCUT2D eigenvalue weighted by atomic mass is 9.73. The minimum atomic E-state index is 0.375. The average Bonchev–Trinajstić information content (AvgIpc) is 2.85. The van der Waals surface area contributed by atoms with Crippen LogP contribution in [0.1, 0.15) is 40.5 Å². The van der Waals surface area contributed by atoms with Crippen LogP contribution in [0.5, 0.6) is 0 Å². The lowest BCUT2D eigenvalue weighted by molar-refractivity contribution is 0.107. The Morgan fingerprint density at radius 1 is 1.16 bits per heavy atom. The number of fused-ring (bicyclic) bond motifs is 3. The zero-order valence-corrected chi connectivity index (χ0v) is 12.8. The average molecular weight is 266 g/mol. The summed E-state index contributed by atoms with van der Waals surface area (Å²) in [6.45, 7) is 10.5. The van der Waals surface area contributed by atoms with Gasteiger partial charge in [0.2, 0.25) is 0 Å². The molecule has 0 saturated carbocycles. The smallest absolute Gasteiger partial charge is 0.0783 e. The van der Waals surface area contributed by atoms with E-state index in [4.69, 9.17) is 5.84 Å². The second-order valence-electron chi connectivity index (χ2n) is 7.42. The van der Waals surface area contributed by atoms with Crippen LogP contribution in [-0.2, 0) is 0 Å². The van der Waals surface area contributed by atoms with Crippen LogP contribution in [0.3, 0.4) is 0 Å². The first-order valence-corrected chi connectivity index (χ1v) is 8.05. The van der Waals surface area contributed by atoms with Gasteiger partial charge in [-0.1, -0.05) is 27.7 Å². The fourth-order valence-corrected chi connectivity index (χ4v) is 5.00. The molecular weight excluding hydrogens is 236 g/mol. The fourth-order valence-electron chi connectivity index (χ4n) is 5.00. The van der Waals surface area contributed by atoms with Gasteiger partial charge >= 0.3 is 0 Å². The van der Waals surface area contributed by atoms with Crippen molar-refractivity contribution in [2.45, 2.75) is 64.8 Å². The van der Waals surface area contributed by atoms with E-state index in [1.165, 1.54) is 19.4 Å². The Bertz CT molecular complexity index is 330. The van der Waals surface area contributed by atoms with Gasteiger partial charge in [-0.15, -0.1) is 0 Å². The summed E-state index contributed by atoms with van der Waals surface area (Å²) in [4.78, 5) is 0. The number of nitrogens with two attached hydrogens (primary N) is 1. The van der Waals surface area contributed by atoms with Crippen LogP contribution < -0.4 is 16.5 Å². The van der Waals surface area contributed by atoms with Crippen molar-refractivity contribution in [2.24, 2.45) is 29.5 Å². The Balaban J connectivity index is 1.90. The van der Waals surface area contributed by atoms with Crippen molar-refractivity contribution in [3.05, 3.63) is 0 Å². The summed E-state index contributed by atoms with van der Waals surface area (Å²) >= 11 is 0. The summed E-state index contributed by atoms with van der Waals surface area (Å²) in [5, 5.41) is 9.74. The molecule has 0 bridgehead atoms. The van der Waals surface area contributed by atoms with Crippen LogP contribution in [0.4, 0.5) is 0 Å². The molecule has 110 valence electrons. The van der Waals surface area contributed by atoms with Gasteiger partial charge in [0.25, 0.3) is 0 Å². The number of piperidine rings is 1. The maximum atomic E-state index is 6.49. The van der Waals surface area contributed by atoms with E-state index in [1.54, 1.807) is 0 Å². The minimum Gasteiger partial charge on any atom is -0.312 e. The molecule has 4 N–H and O–H groups in total. The van der Waals surface area contributed by atoms with Crippen molar-refractivity contribution in [3.63, 3.8) is 0 Å². The van der Waals surface area contributed by atoms with Gasteiger partial charge in [-0.3, -0.25) is 11.2 Å². The molecule has 3 fully saturated rings. The number of nitrogens with zero attached hydrogens (tertiary/aromatic N) is 1. The lowest BCUT2D eigenvalue weighted by Gasteiger charge is -2.37. The van der Waals surface area contributed by atoms with E-state index in [-0.39, 0.29) is 0 Å². The highest BCUT2D eigenvalue weighted by molar-refractivity contribution is 5.12. The summed E-state index contributed by atoms with van der Waals surface area (Å²) in [7, 11) is 0. The molecule has 0 aromatic carbocycles. The topological polar surface area (TPSA) is 53.3 Å². The zero-order valence-electron chi connectivity index (χ0n) is 12.8. The first-order valence-electron chi connectivity index (χ1n) is 8.05. The Labute approximate surface area is 117 Å². The van der Waals surface area contributed by atoms with Gasteiger partial charge in [-0.05, 0) is 37.1 Å². The number of nitrogens with one attached hydrogen (secondary N) is 2. The molecule has 3 aliphatic rings. The molecule has 3 aliphatic heterocycles. The van der Waals surface area contributed by atoms with Crippen molar-refractivity contribution in [3.8, 4) is 0 Å². The van der Waals surface area contributed by atoms with Crippen molar-refractivity contribution in [1.29, 1.82) is 0 Å². The van der Waals surface area contributed by atoms with Gasteiger partial charge in [0.1, 0.15) is 0 Å². The van der Waals surface area contributed by atoms with Gasteiger partial charge in [0, 0.05) is 24.0 Å². The third kappa shape index (κ3) is 2.04. The van der Waals surface area contributed by atoms with E-state index in [0.717, 1.165) is 0 Å². The Kier molecular flexibility index (Phi) is 3.63. The van der Waals surface area contributed by atoms with Crippen LogP contribution in [0, 0.1) is 23.7 Å². The molecule has 0 aliphatic carbocycles. The van der Waals surface area contributed by atoms with Crippen LogP contribution in [-0.4, -0.2) is 35.8 Å². The monoisotopic (exact) mass is 266 g/mol. The third-order valence-electron chi connectivity index (χ3n) is 5.63. The maximum Gasteiger partial charge on any atom is 0.0783 e. The number of rotatable bonds is 2. The molecule has 6 unspecified atom stereocenters. The first-order chi connectivity index (χ1) is 9.02. The highest BCUT2D eigenvalue weighted by Gasteiger charge is 2.58. The van der Waals surface area contributed by atoms with E-state index in [0.29, 0.717) is 48.0 Å². The minimum absolute atomic E-state index is 0.375. The molecule has 4 nitrogen and oxygen atoms in total. The molecular formula is C15H30N4. The normalized spacial score (nSPS) is 46.9. The SMILES string of the molecule is CC(C)C1C2C3NCCCC3NC2N(N)C1C(C)C. The quantitative estimate of drug-likeness (QED) is 0.656. The van der Waals surface area contributed by atoms with Crippen molar-refractivity contribution in [2.75, 3.05) is 6.54 Å². The molecule has 6 atom stereocenters. The Hall–Kier alpha value is -0.160. The molecule has 0 aromatic rings. The summed E-state index contributed by atoms with van der Waals surface area (Å²) in [6.07, 6.45) is 2.97. The Morgan fingerprint density at radius 3 is 2.53 bits per heavy atom. The second-order valence-corrected chi connectivity index (χ2v) is 7.42.